The van der Waals surface area contributed by atoms with Crippen molar-refractivity contribution in [1.82, 2.24) is 0 Å². The van der Waals surface area contributed by atoms with Crippen molar-refractivity contribution in [3.8, 4) is 0 Å². The van der Waals surface area contributed by atoms with Crippen molar-refractivity contribution in [1.29, 1.82) is 0 Å². The van der Waals surface area contributed by atoms with Crippen LogP contribution in [0.5, 0.6) is 0 Å². The second-order valence-corrected chi connectivity index (χ2v) is 5.83. The summed E-state index contributed by atoms with van der Waals surface area (Å²) in [5.74, 6) is 0. The normalized spacial score (nSPS) is 11.1. The van der Waals surface area contributed by atoms with Gasteiger partial charge in [-0.1, -0.05) is 60.7 Å². The van der Waals surface area contributed by atoms with Gasteiger partial charge in [-0.05, 0) is 0 Å². The Bertz CT molecular complexity index is 837. The average molecular weight is 352 g/mol. The van der Waals surface area contributed by atoms with Crippen LogP contribution in [0, 0.1) is 0 Å². The summed E-state index contributed by atoms with van der Waals surface area (Å²) in [6.07, 6.45) is 0. The molecular weight excluding hydrogens is 334 g/mol. The minimum absolute atomic E-state index is 0. The number of hydrogen-bond acceptors (Lipinski definition) is 0. The minimum Gasteiger partial charge on any atom is -0.167 e. The van der Waals surface area contributed by atoms with Crippen LogP contribution in [0.15, 0.2) is 109 Å². The van der Waals surface area contributed by atoms with Crippen LogP contribution in [0.1, 0.15) is 22.3 Å². The molecule has 0 bridgehead atoms. The van der Waals surface area contributed by atoms with Gasteiger partial charge in [0.1, 0.15) is 0 Å². The molecule has 4 aromatic rings. The fourth-order valence-electron chi connectivity index (χ4n) is 3.20. The van der Waals surface area contributed by atoms with Gasteiger partial charge in [0.15, 0.2) is 0 Å². The van der Waals surface area contributed by atoms with Crippen LogP contribution < -0.4 is 59.1 Å². The van der Waals surface area contributed by atoms with E-state index in [1.165, 1.54) is 33.4 Å². The summed E-state index contributed by atoms with van der Waals surface area (Å²) in [5.41, 5.74) is 7.53. The van der Waals surface area contributed by atoms with Crippen LogP contribution in [0.3, 0.4) is 0 Å². The zero-order valence-electron chi connectivity index (χ0n) is 15.4. The van der Waals surface area contributed by atoms with E-state index in [9.17, 15) is 0 Å². The first-order chi connectivity index (χ1) is 11.9. The van der Waals surface area contributed by atoms with E-state index in [4.69, 9.17) is 0 Å². The molecule has 0 aliphatic rings. The second-order valence-electron chi connectivity index (χ2n) is 5.83. The first kappa shape index (κ1) is 21.2. The molecule has 0 nitrogen and oxygen atoms in total. The van der Waals surface area contributed by atoms with E-state index >= 15 is 0 Å². The van der Waals surface area contributed by atoms with Gasteiger partial charge in [-0.15, -0.1) is 46.5 Å². The first-order valence-corrected chi connectivity index (χ1v) is 8.23. The van der Waals surface area contributed by atoms with Crippen molar-refractivity contribution in [2.24, 2.45) is 0 Å². The summed E-state index contributed by atoms with van der Waals surface area (Å²) in [7, 11) is 0. The molecule has 0 saturated heterocycles. The monoisotopic (exact) mass is 352 g/mol. The number of rotatable bonds is 4. The van der Waals surface area contributed by atoms with Gasteiger partial charge in [0.2, 0.25) is 0 Å². The third-order valence-electron chi connectivity index (χ3n) is 4.28. The Morgan fingerprint density at radius 1 is 0.423 bits per heavy atom. The molecule has 0 N–H and O–H groups in total. The molecular formula is C24H18Na2. The maximum Gasteiger partial charge on any atom is 1.00 e. The molecule has 0 fully saturated rings. The van der Waals surface area contributed by atoms with Crippen molar-refractivity contribution in [3.05, 3.63) is 131 Å². The van der Waals surface area contributed by atoms with Crippen LogP contribution in [0.25, 0.3) is 11.1 Å². The Labute approximate surface area is 199 Å². The SMILES string of the molecule is [Na+].[Na+].c1ccc(/C(=C(/c2ccccc2)[c-]2cccc2)[c-]2cccc2)cc1. The Morgan fingerprint density at radius 3 is 1.04 bits per heavy atom. The van der Waals surface area contributed by atoms with E-state index in [2.05, 4.69) is 109 Å². The minimum atomic E-state index is 0. The van der Waals surface area contributed by atoms with Gasteiger partial charge in [0.05, 0.1) is 0 Å². The fourth-order valence-corrected chi connectivity index (χ4v) is 3.20. The average Bonchev–Trinajstić information content (AvgIpc) is 3.35. The smallest absolute Gasteiger partial charge is 0.167 e. The fraction of sp³-hybridized carbons (Fsp3) is 0. The molecule has 0 aliphatic heterocycles. The van der Waals surface area contributed by atoms with Crippen molar-refractivity contribution < 1.29 is 59.1 Å². The van der Waals surface area contributed by atoms with Crippen molar-refractivity contribution in [2.75, 3.05) is 0 Å². The quantitative estimate of drug-likeness (QED) is 0.279. The zero-order valence-corrected chi connectivity index (χ0v) is 19.4. The summed E-state index contributed by atoms with van der Waals surface area (Å²) < 4.78 is 0. The maximum atomic E-state index is 2.19. The Kier molecular flexibility index (Phi) is 8.37. The molecule has 0 amide bonds. The molecule has 0 aromatic heterocycles. The molecule has 0 aliphatic carbocycles. The van der Waals surface area contributed by atoms with Gasteiger partial charge >= 0.3 is 59.1 Å². The van der Waals surface area contributed by atoms with Gasteiger partial charge in [-0.25, -0.2) is 0 Å². The van der Waals surface area contributed by atoms with Crippen molar-refractivity contribution >= 4 is 11.1 Å². The van der Waals surface area contributed by atoms with E-state index in [1.54, 1.807) is 0 Å². The number of benzene rings is 2. The Morgan fingerprint density at radius 2 is 0.731 bits per heavy atom. The molecule has 0 unspecified atom stereocenters. The van der Waals surface area contributed by atoms with Gasteiger partial charge in [-0.2, -0.15) is 35.4 Å². The van der Waals surface area contributed by atoms with Crippen LogP contribution >= 0.6 is 0 Å². The molecule has 0 spiro atoms. The molecule has 4 aromatic carbocycles. The third-order valence-corrected chi connectivity index (χ3v) is 4.28. The predicted octanol–water partition coefficient (Wildman–Crippen LogP) is 0.140. The third kappa shape index (κ3) is 4.58. The standard InChI is InChI=1S/C24H18.2Na/c1-3-11-19(12-4-1)23(21-15-7-8-16-21)24(22-17-9-10-18-22)20-13-5-2-6-14-20;;/h1-18H;;/q-2;2*+1/b24-23+;;. The predicted molar refractivity (Wildman–Crippen MR) is 102 cm³/mol. The Hall–Kier alpha value is -1.12. The van der Waals surface area contributed by atoms with E-state index < -0.39 is 0 Å². The molecule has 116 valence electrons. The van der Waals surface area contributed by atoms with Gasteiger partial charge in [0, 0.05) is 0 Å². The van der Waals surface area contributed by atoms with Crippen LogP contribution in [-0.4, -0.2) is 0 Å². The zero-order chi connectivity index (χ0) is 16.2. The van der Waals surface area contributed by atoms with Gasteiger partial charge in [0.25, 0.3) is 0 Å². The summed E-state index contributed by atoms with van der Waals surface area (Å²) >= 11 is 0. The van der Waals surface area contributed by atoms with Crippen LogP contribution in [0.2, 0.25) is 0 Å². The van der Waals surface area contributed by atoms with E-state index in [0.717, 1.165) is 0 Å². The van der Waals surface area contributed by atoms with Crippen LogP contribution in [-0.2, 0) is 0 Å². The molecule has 2 heteroatoms. The van der Waals surface area contributed by atoms with Gasteiger partial charge in [-0.3, -0.25) is 0 Å². The van der Waals surface area contributed by atoms with Crippen molar-refractivity contribution in [2.45, 2.75) is 0 Å². The van der Waals surface area contributed by atoms with E-state index in [-0.39, 0.29) is 59.1 Å². The van der Waals surface area contributed by atoms with Gasteiger partial charge < -0.3 is 0 Å². The topological polar surface area (TPSA) is 0 Å². The molecule has 0 atom stereocenters. The summed E-state index contributed by atoms with van der Waals surface area (Å²) in [6.45, 7) is 0. The summed E-state index contributed by atoms with van der Waals surface area (Å²) in [6, 6.07) is 38.5. The molecule has 0 radical (unpaired) electrons. The molecule has 0 heterocycles. The first-order valence-electron chi connectivity index (χ1n) is 8.23. The van der Waals surface area contributed by atoms with E-state index in [0.29, 0.717) is 0 Å². The molecule has 0 saturated carbocycles. The summed E-state index contributed by atoms with van der Waals surface area (Å²) in [4.78, 5) is 0. The molecule has 4 rings (SSSR count). The van der Waals surface area contributed by atoms with Crippen LogP contribution in [0.4, 0.5) is 0 Å². The molecule has 26 heavy (non-hydrogen) atoms. The summed E-state index contributed by atoms with van der Waals surface area (Å²) in [5, 5.41) is 0. The Balaban J connectivity index is 0.00000121. The second kappa shape index (κ2) is 10.3. The van der Waals surface area contributed by atoms with E-state index in [1.807, 2.05) is 0 Å². The van der Waals surface area contributed by atoms with Crippen molar-refractivity contribution in [3.63, 3.8) is 0 Å². The number of hydrogen-bond donors (Lipinski definition) is 0. The maximum absolute atomic E-state index is 2.19. The largest absolute Gasteiger partial charge is 1.00 e.